The van der Waals surface area contributed by atoms with Gasteiger partial charge in [0.1, 0.15) is 0 Å². The normalized spacial score (nSPS) is 13.3. The first kappa shape index (κ1) is 22.9. The molecule has 7 nitrogen and oxygen atoms in total. The molecule has 0 saturated heterocycles. The minimum absolute atomic E-state index is 0.0457. The molecule has 25 heavy (non-hydrogen) atoms. The van der Waals surface area contributed by atoms with Crippen molar-refractivity contribution < 1.29 is 19.5 Å². The summed E-state index contributed by atoms with van der Waals surface area (Å²) in [6, 6.07) is 0. The number of amides is 3. The molecule has 0 aromatic carbocycles. The van der Waals surface area contributed by atoms with E-state index in [4.69, 9.17) is 5.11 Å². The number of aliphatic hydroxyl groups excluding tert-OH is 1. The quantitative estimate of drug-likeness (QED) is 0.306. The lowest BCUT2D eigenvalue weighted by Crippen LogP contribution is -2.36. The molecule has 0 aliphatic heterocycles. The van der Waals surface area contributed by atoms with E-state index >= 15 is 0 Å². The lowest BCUT2D eigenvalue weighted by atomic mass is 9.85. The Morgan fingerprint density at radius 3 is 2.28 bits per heavy atom. The lowest BCUT2D eigenvalue weighted by molar-refractivity contribution is -0.127. The minimum Gasteiger partial charge on any atom is -0.395 e. The number of hydrogen-bond acceptors (Lipinski definition) is 4. The minimum atomic E-state index is -0.350. The Balaban J connectivity index is 4.26. The van der Waals surface area contributed by atoms with Crippen LogP contribution in [0.25, 0.3) is 0 Å². The van der Waals surface area contributed by atoms with Gasteiger partial charge in [0.2, 0.25) is 17.7 Å². The summed E-state index contributed by atoms with van der Waals surface area (Å²) in [5.74, 6) is -0.387. The van der Waals surface area contributed by atoms with Crippen molar-refractivity contribution in [3.05, 3.63) is 24.8 Å². The fourth-order valence-corrected chi connectivity index (χ4v) is 2.28. The summed E-state index contributed by atoms with van der Waals surface area (Å²) in [6.07, 6.45) is 5.69. The fourth-order valence-electron chi connectivity index (χ4n) is 2.28. The Morgan fingerprint density at radius 2 is 1.72 bits per heavy atom. The van der Waals surface area contributed by atoms with Gasteiger partial charge in [-0.2, -0.15) is 0 Å². The number of allylic oxidation sites excluding steroid dienone is 1. The highest BCUT2D eigenvalue weighted by Gasteiger charge is 2.23. The molecule has 0 spiro atoms. The summed E-state index contributed by atoms with van der Waals surface area (Å²) in [5, 5.41) is 16.5. The summed E-state index contributed by atoms with van der Waals surface area (Å²) >= 11 is 0. The molecule has 0 saturated carbocycles. The topological polar surface area (TPSA) is 108 Å². The van der Waals surface area contributed by atoms with Crippen LogP contribution < -0.4 is 16.0 Å². The van der Waals surface area contributed by atoms with Gasteiger partial charge in [0.05, 0.1) is 13.3 Å². The zero-order chi connectivity index (χ0) is 19.2. The predicted molar refractivity (Wildman–Crippen MR) is 97.3 cm³/mol. The van der Waals surface area contributed by atoms with Gasteiger partial charge < -0.3 is 21.1 Å². The Labute approximate surface area is 149 Å². The monoisotopic (exact) mass is 353 g/mol. The van der Waals surface area contributed by atoms with Gasteiger partial charge in [-0.3, -0.25) is 14.4 Å². The number of carbonyl (C=O) groups excluding carboxylic acids is 3. The van der Waals surface area contributed by atoms with Crippen LogP contribution in [-0.4, -0.2) is 42.6 Å². The first-order valence-corrected chi connectivity index (χ1v) is 8.55. The molecule has 4 N–H and O–H groups in total. The molecule has 0 bridgehead atoms. The van der Waals surface area contributed by atoms with Crippen molar-refractivity contribution in [3.63, 3.8) is 0 Å². The smallest absolute Gasteiger partial charge is 0.245 e. The van der Waals surface area contributed by atoms with Crippen molar-refractivity contribution in [1.82, 2.24) is 16.0 Å². The Bertz CT molecular complexity index is 475. The molecule has 3 amide bonds. The van der Waals surface area contributed by atoms with E-state index < -0.39 is 0 Å². The van der Waals surface area contributed by atoms with E-state index in [1.807, 2.05) is 20.8 Å². The third-order valence-electron chi connectivity index (χ3n) is 3.73. The second kappa shape index (κ2) is 13.2. The SMILES string of the molecule is C=CC(=O)NCNC(=O)/C=C/CC(C)CC(C(=O)NCCO)C(C)C. The van der Waals surface area contributed by atoms with Gasteiger partial charge in [-0.05, 0) is 36.8 Å². The summed E-state index contributed by atoms with van der Waals surface area (Å²) < 4.78 is 0. The molecule has 0 radical (unpaired) electrons. The fraction of sp³-hybridized carbons (Fsp3) is 0.611. The molecule has 0 fully saturated rings. The van der Waals surface area contributed by atoms with Gasteiger partial charge in [-0.1, -0.05) is 33.4 Å². The number of hydrogen-bond donors (Lipinski definition) is 4. The molecular weight excluding hydrogens is 322 g/mol. The van der Waals surface area contributed by atoms with Crippen molar-refractivity contribution >= 4 is 17.7 Å². The second-order valence-electron chi connectivity index (χ2n) is 6.31. The first-order valence-electron chi connectivity index (χ1n) is 8.55. The van der Waals surface area contributed by atoms with Crippen molar-refractivity contribution in [2.75, 3.05) is 19.8 Å². The Kier molecular flexibility index (Phi) is 12.0. The first-order chi connectivity index (χ1) is 11.8. The molecule has 0 aromatic heterocycles. The molecule has 0 aliphatic rings. The van der Waals surface area contributed by atoms with Crippen LogP contribution in [-0.2, 0) is 14.4 Å². The summed E-state index contributed by atoms with van der Waals surface area (Å²) in [4.78, 5) is 34.6. The number of aliphatic hydroxyl groups is 1. The van der Waals surface area contributed by atoms with E-state index in [0.29, 0.717) is 12.8 Å². The lowest BCUT2D eigenvalue weighted by Gasteiger charge is -2.23. The van der Waals surface area contributed by atoms with E-state index in [2.05, 4.69) is 22.5 Å². The average Bonchev–Trinajstić information content (AvgIpc) is 2.56. The summed E-state index contributed by atoms with van der Waals surface area (Å²) in [7, 11) is 0. The van der Waals surface area contributed by atoms with Crippen LogP contribution in [0.1, 0.15) is 33.6 Å². The molecule has 0 aliphatic carbocycles. The molecule has 0 aromatic rings. The maximum Gasteiger partial charge on any atom is 0.245 e. The average molecular weight is 353 g/mol. The van der Waals surface area contributed by atoms with Crippen molar-refractivity contribution in [2.24, 2.45) is 17.8 Å². The van der Waals surface area contributed by atoms with Crippen LogP contribution in [0.4, 0.5) is 0 Å². The van der Waals surface area contributed by atoms with Gasteiger partial charge in [-0.25, -0.2) is 0 Å². The van der Waals surface area contributed by atoms with Crippen LogP contribution in [0.3, 0.4) is 0 Å². The van der Waals surface area contributed by atoms with Gasteiger partial charge >= 0.3 is 0 Å². The van der Waals surface area contributed by atoms with E-state index in [1.165, 1.54) is 6.08 Å². The standard InChI is InChI=1S/C18H31N3O4/c1-5-16(23)20-12-21-17(24)8-6-7-14(4)11-15(13(2)3)18(25)19-9-10-22/h5-6,8,13-15,22H,1,7,9-12H2,2-4H3,(H,19,25)(H,20,23)(H,21,24)/b8-6+. The van der Waals surface area contributed by atoms with E-state index in [1.54, 1.807) is 6.08 Å². The largest absolute Gasteiger partial charge is 0.395 e. The molecule has 2 atom stereocenters. The zero-order valence-corrected chi connectivity index (χ0v) is 15.4. The maximum absolute atomic E-state index is 12.1. The Morgan fingerprint density at radius 1 is 1.08 bits per heavy atom. The van der Waals surface area contributed by atoms with E-state index in [0.717, 1.165) is 6.08 Å². The molecule has 142 valence electrons. The zero-order valence-electron chi connectivity index (χ0n) is 15.4. The van der Waals surface area contributed by atoms with Crippen molar-refractivity contribution in [2.45, 2.75) is 33.6 Å². The van der Waals surface area contributed by atoms with Crippen molar-refractivity contribution in [1.29, 1.82) is 0 Å². The predicted octanol–water partition coefficient (Wildman–Crippen LogP) is 0.716. The Hall–Kier alpha value is -2.15. The van der Waals surface area contributed by atoms with Gasteiger partial charge in [0, 0.05) is 12.5 Å². The number of nitrogens with one attached hydrogen (secondary N) is 3. The van der Waals surface area contributed by atoms with Crippen LogP contribution in [0.2, 0.25) is 0 Å². The highest BCUT2D eigenvalue weighted by atomic mass is 16.3. The van der Waals surface area contributed by atoms with Gasteiger partial charge in [0.25, 0.3) is 0 Å². The number of carbonyl (C=O) groups is 3. The number of rotatable bonds is 12. The highest BCUT2D eigenvalue weighted by molar-refractivity contribution is 5.89. The van der Waals surface area contributed by atoms with Crippen LogP contribution in [0.5, 0.6) is 0 Å². The van der Waals surface area contributed by atoms with Gasteiger partial charge in [-0.15, -0.1) is 0 Å². The van der Waals surface area contributed by atoms with E-state index in [9.17, 15) is 14.4 Å². The molecule has 0 heterocycles. The second-order valence-corrected chi connectivity index (χ2v) is 6.31. The molecular formula is C18H31N3O4. The van der Waals surface area contributed by atoms with Crippen molar-refractivity contribution in [3.8, 4) is 0 Å². The van der Waals surface area contributed by atoms with Crippen LogP contribution >= 0.6 is 0 Å². The van der Waals surface area contributed by atoms with Crippen LogP contribution in [0.15, 0.2) is 24.8 Å². The maximum atomic E-state index is 12.1. The molecule has 0 rings (SSSR count). The third-order valence-corrected chi connectivity index (χ3v) is 3.73. The molecule has 2 unspecified atom stereocenters. The highest BCUT2D eigenvalue weighted by Crippen LogP contribution is 2.22. The van der Waals surface area contributed by atoms with Gasteiger partial charge in [0.15, 0.2) is 0 Å². The molecule has 7 heteroatoms. The van der Waals surface area contributed by atoms with Crippen LogP contribution in [0, 0.1) is 17.8 Å². The van der Waals surface area contributed by atoms with E-state index in [-0.39, 0.29) is 55.3 Å². The third kappa shape index (κ3) is 11.1. The summed E-state index contributed by atoms with van der Waals surface area (Å²) in [5.41, 5.74) is 0. The summed E-state index contributed by atoms with van der Waals surface area (Å²) in [6.45, 7) is 9.57.